The summed E-state index contributed by atoms with van der Waals surface area (Å²) in [6.07, 6.45) is 9.20. The number of hydrogen-bond donors (Lipinski definition) is 1. The van der Waals surface area contributed by atoms with Crippen LogP contribution >= 0.6 is 0 Å². The summed E-state index contributed by atoms with van der Waals surface area (Å²) in [5.74, 6) is 1.70. The van der Waals surface area contributed by atoms with E-state index in [-0.39, 0.29) is 17.9 Å². The number of aryl methyl sites for hydroxylation is 1. The molecule has 0 spiro atoms. The van der Waals surface area contributed by atoms with Gasteiger partial charge in [0.15, 0.2) is 0 Å². The van der Waals surface area contributed by atoms with E-state index in [1.54, 1.807) is 7.05 Å². The van der Waals surface area contributed by atoms with Gasteiger partial charge in [-0.1, -0.05) is 72.3 Å². The maximum absolute atomic E-state index is 14.3. The molecule has 3 aromatic rings. The van der Waals surface area contributed by atoms with Gasteiger partial charge in [0.25, 0.3) is 0 Å². The fourth-order valence-corrected chi connectivity index (χ4v) is 9.64. The molecular weight excluding hydrogens is 582 g/mol. The molecule has 1 unspecified atom stereocenters. The van der Waals surface area contributed by atoms with Crippen molar-refractivity contribution in [2.75, 3.05) is 24.2 Å². The summed E-state index contributed by atoms with van der Waals surface area (Å²) in [5, 5.41) is 2.73. The molecule has 8 heteroatoms. The molecule has 0 aliphatic heterocycles. The van der Waals surface area contributed by atoms with Crippen LogP contribution in [0.5, 0.6) is 0 Å². The minimum Gasteiger partial charge on any atom is -0.357 e. The van der Waals surface area contributed by atoms with Gasteiger partial charge in [-0.05, 0) is 97.4 Å². The smallest absolute Gasteiger partial charge is 0.244 e. The van der Waals surface area contributed by atoms with Gasteiger partial charge in [0.05, 0.1) is 11.9 Å². The van der Waals surface area contributed by atoms with Gasteiger partial charge >= 0.3 is 0 Å². The SMILES string of the molecule is CNC(=O)C(Cc1ccccc1)N(Cc1cccc(C)c1)C(=O)CN(c1ccc(C23CC4CC(CC(C4)C2)C3)cc1)S(C)(=O)=O. The van der Waals surface area contributed by atoms with Crippen LogP contribution in [0.4, 0.5) is 5.69 Å². The number of hydrogen-bond acceptors (Lipinski definition) is 4. The molecule has 4 fully saturated rings. The van der Waals surface area contributed by atoms with Crippen LogP contribution in [0.3, 0.4) is 0 Å². The Kier molecular flexibility index (Phi) is 8.79. The van der Waals surface area contributed by atoms with Crippen molar-refractivity contribution in [2.24, 2.45) is 17.8 Å². The highest BCUT2D eigenvalue weighted by Crippen LogP contribution is 2.60. The summed E-state index contributed by atoms with van der Waals surface area (Å²) in [7, 11) is -2.25. The third-order valence-electron chi connectivity index (χ3n) is 10.4. The number of carbonyl (C=O) groups excluding carboxylic acids is 2. The topological polar surface area (TPSA) is 86.8 Å². The molecule has 2 amide bonds. The third kappa shape index (κ3) is 6.81. The van der Waals surface area contributed by atoms with Crippen molar-refractivity contribution in [2.45, 2.75) is 69.9 Å². The first-order chi connectivity index (χ1) is 21.5. The Bertz CT molecular complexity index is 1600. The van der Waals surface area contributed by atoms with Crippen LogP contribution in [-0.2, 0) is 38.0 Å². The minimum absolute atomic E-state index is 0.175. The molecule has 45 heavy (non-hydrogen) atoms. The normalized spacial score (nSPS) is 24.2. The molecule has 0 radical (unpaired) electrons. The standard InChI is InChI=1S/C37H45N3O4S/c1-26-8-7-11-28(16-26)24-39(34(36(42)38-2)20-27-9-5-4-6-10-27)35(41)25-40(45(3,43)44)33-14-12-32(13-15-33)37-21-29-17-30(22-37)19-31(18-29)23-37/h4-16,29-31,34H,17-25H2,1-3H3,(H,38,42). The van der Waals surface area contributed by atoms with E-state index in [4.69, 9.17) is 0 Å². The molecular formula is C37H45N3O4S. The monoisotopic (exact) mass is 627 g/mol. The van der Waals surface area contributed by atoms with Crippen LogP contribution in [0, 0.1) is 24.7 Å². The molecule has 0 aromatic heterocycles. The Labute approximate surface area is 268 Å². The molecule has 7 rings (SSSR count). The van der Waals surface area contributed by atoms with Gasteiger partial charge in [0.1, 0.15) is 12.6 Å². The van der Waals surface area contributed by atoms with Crippen LogP contribution in [0.25, 0.3) is 0 Å². The average molecular weight is 628 g/mol. The Hall–Kier alpha value is -3.65. The van der Waals surface area contributed by atoms with E-state index in [0.29, 0.717) is 12.1 Å². The van der Waals surface area contributed by atoms with E-state index in [0.717, 1.165) is 40.7 Å². The predicted octanol–water partition coefficient (Wildman–Crippen LogP) is 5.61. The second-order valence-electron chi connectivity index (χ2n) is 13.8. The van der Waals surface area contributed by atoms with Gasteiger partial charge in [0, 0.05) is 20.0 Å². The molecule has 4 aliphatic carbocycles. The summed E-state index contributed by atoms with van der Waals surface area (Å²) in [6.45, 7) is 1.76. The lowest BCUT2D eigenvalue weighted by Gasteiger charge is -2.57. The largest absolute Gasteiger partial charge is 0.357 e. The van der Waals surface area contributed by atoms with Crippen LogP contribution in [0.15, 0.2) is 78.9 Å². The van der Waals surface area contributed by atoms with E-state index >= 15 is 0 Å². The van der Waals surface area contributed by atoms with Crippen molar-refractivity contribution in [3.05, 3.63) is 101 Å². The summed E-state index contributed by atoms with van der Waals surface area (Å²) >= 11 is 0. The zero-order valence-electron chi connectivity index (χ0n) is 26.6. The molecule has 3 aromatic carbocycles. The molecule has 1 atom stereocenters. The second-order valence-corrected chi connectivity index (χ2v) is 15.8. The number of nitrogens with one attached hydrogen (secondary N) is 1. The highest BCUT2D eigenvalue weighted by Gasteiger charge is 2.51. The Balaban J connectivity index is 1.29. The number of rotatable bonds is 11. The zero-order chi connectivity index (χ0) is 31.8. The van der Waals surface area contributed by atoms with Crippen molar-refractivity contribution >= 4 is 27.5 Å². The van der Waals surface area contributed by atoms with Crippen molar-refractivity contribution in [1.82, 2.24) is 10.2 Å². The van der Waals surface area contributed by atoms with E-state index in [1.807, 2.05) is 73.7 Å². The van der Waals surface area contributed by atoms with E-state index < -0.39 is 28.5 Å². The van der Waals surface area contributed by atoms with Gasteiger partial charge < -0.3 is 10.2 Å². The first kappa shape index (κ1) is 31.3. The molecule has 4 bridgehead atoms. The Morgan fingerprint density at radius 1 is 0.867 bits per heavy atom. The highest BCUT2D eigenvalue weighted by molar-refractivity contribution is 7.92. The molecule has 4 aliphatic rings. The highest BCUT2D eigenvalue weighted by atomic mass is 32.2. The Morgan fingerprint density at radius 2 is 1.47 bits per heavy atom. The number of likely N-dealkylation sites (N-methyl/N-ethyl adjacent to an activating group) is 1. The zero-order valence-corrected chi connectivity index (χ0v) is 27.4. The number of amides is 2. The van der Waals surface area contributed by atoms with Crippen molar-refractivity contribution in [3.8, 4) is 0 Å². The molecule has 0 heterocycles. The number of benzene rings is 3. The predicted molar refractivity (Wildman–Crippen MR) is 178 cm³/mol. The molecule has 238 valence electrons. The fourth-order valence-electron chi connectivity index (χ4n) is 8.79. The third-order valence-corrected chi connectivity index (χ3v) is 11.6. The van der Waals surface area contributed by atoms with Gasteiger partial charge in [-0.2, -0.15) is 0 Å². The summed E-state index contributed by atoms with van der Waals surface area (Å²) in [6, 6.07) is 24.5. The fraction of sp³-hybridized carbons (Fsp3) is 0.459. The lowest BCUT2D eigenvalue weighted by molar-refractivity contribution is -0.139. The number of carbonyl (C=O) groups is 2. The molecule has 0 saturated heterocycles. The minimum atomic E-state index is -3.81. The first-order valence-corrected chi connectivity index (χ1v) is 18.1. The van der Waals surface area contributed by atoms with Crippen LogP contribution in [-0.4, -0.2) is 51.0 Å². The van der Waals surface area contributed by atoms with E-state index in [9.17, 15) is 18.0 Å². The van der Waals surface area contributed by atoms with Crippen LogP contribution < -0.4 is 9.62 Å². The molecule has 4 saturated carbocycles. The summed E-state index contributed by atoms with van der Waals surface area (Å²) in [4.78, 5) is 29.1. The van der Waals surface area contributed by atoms with Crippen LogP contribution in [0.2, 0.25) is 0 Å². The van der Waals surface area contributed by atoms with E-state index in [1.165, 1.54) is 53.3 Å². The van der Waals surface area contributed by atoms with Crippen molar-refractivity contribution in [1.29, 1.82) is 0 Å². The maximum atomic E-state index is 14.3. The first-order valence-electron chi connectivity index (χ1n) is 16.2. The summed E-state index contributed by atoms with van der Waals surface area (Å²) in [5.41, 5.74) is 4.78. The number of nitrogens with zero attached hydrogens (tertiary/aromatic N) is 2. The molecule has 7 nitrogen and oxygen atoms in total. The van der Waals surface area contributed by atoms with Crippen LogP contribution in [0.1, 0.15) is 60.8 Å². The molecule has 1 N–H and O–H groups in total. The maximum Gasteiger partial charge on any atom is 0.244 e. The van der Waals surface area contributed by atoms with Gasteiger partial charge in [-0.3, -0.25) is 13.9 Å². The van der Waals surface area contributed by atoms with E-state index in [2.05, 4.69) is 17.4 Å². The van der Waals surface area contributed by atoms with Crippen molar-refractivity contribution < 1.29 is 18.0 Å². The lowest BCUT2D eigenvalue weighted by atomic mass is 9.48. The van der Waals surface area contributed by atoms with Gasteiger partial charge in [0.2, 0.25) is 21.8 Å². The average Bonchev–Trinajstić information content (AvgIpc) is 3.00. The lowest BCUT2D eigenvalue weighted by Crippen LogP contribution is -2.52. The Morgan fingerprint density at radius 3 is 2.02 bits per heavy atom. The number of anilines is 1. The summed E-state index contributed by atoms with van der Waals surface area (Å²) < 4.78 is 27.6. The van der Waals surface area contributed by atoms with Gasteiger partial charge in [-0.15, -0.1) is 0 Å². The van der Waals surface area contributed by atoms with Crippen molar-refractivity contribution in [3.63, 3.8) is 0 Å². The quantitative estimate of drug-likeness (QED) is 0.299. The second kappa shape index (κ2) is 12.6. The number of sulfonamides is 1. The van der Waals surface area contributed by atoms with Gasteiger partial charge in [-0.25, -0.2) is 8.42 Å².